The standard InChI is InChI=1S/C11H14FN/c1-7-5-10(12)6-9-4-3-8(2)13-11(7)9/h5-6,8,13H,3-4H2,1-2H3/t8-/m0/s1. The van der Waals surface area contributed by atoms with Crippen LogP contribution >= 0.6 is 0 Å². The van der Waals surface area contributed by atoms with E-state index in [-0.39, 0.29) is 5.82 Å². The van der Waals surface area contributed by atoms with Gasteiger partial charge in [-0.1, -0.05) is 0 Å². The minimum atomic E-state index is -0.118. The van der Waals surface area contributed by atoms with Gasteiger partial charge in [-0.2, -0.15) is 0 Å². The zero-order valence-electron chi connectivity index (χ0n) is 8.02. The summed E-state index contributed by atoms with van der Waals surface area (Å²) in [6, 6.07) is 3.74. The van der Waals surface area contributed by atoms with Crippen molar-refractivity contribution < 1.29 is 4.39 Å². The van der Waals surface area contributed by atoms with Crippen LogP contribution in [-0.4, -0.2) is 6.04 Å². The van der Waals surface area contributed by atoms with Gasteiger partial charge in [0.05, 0.1) is 0 Å². The molecule has 70 valence electrons. The number of rotatable bonds is 0. The normalized spacial score (nSPS) is 20.7. The summed E-state index contributed by atoms with van der Waals surface area (Å²) >= 11 is 0. The molecule has 0 saturated carbocycles. The second-order valence-electron chi connectivity index (χ2n) is 3.84. The fraction of sp³-hybridized carbons (Fsp3) is 0.455. The lowest BCUT2D eigenvalue weighted by Crippen LogP contribution is -2.22. The minimum absolute atomic E-state index is 0.118. The van der Waals surface area contributed by atoms with Crippen molar-refractivity contribution in [1.29, 1.82) is 0 Å². The number of hydrogen-bond donors (Lipinski definition) is 1. The van der Waals surface area contributed by atoms with Gasteiger partial charge in [-0.25, -0.2) is 4.39 Å². The number of nitrogens with one attached hydrogen (secondary N) is 1. The molecule has 1 heterocycles. The third-order valence-corrected chi connectivity index (χ3v) is 2.62. The van der Waals surface area contributed by atoms with Gasteiger partial charge in [0.25, 0.3) is 0 Å². The Bertz CT molecular complexity index is 333. The van der Waals surface area contributed by atoms with Crippen molar-refractivity contribution in [3.63, 3.8) is 0 Å². The summed E-state index contributed by atoms with van der Waals surface area (Å²) in [5.41, 5.74) is 3.28. The molecule has 2 rings (SSSR count). The molecular weight excluding hydrogens is 165 g/mol. The van der Waals surface area contributed by atoms with Gasteiger partial charge in [-0.05, 0) is 49.9 Å². The Morgan fingerprint density at radius 3 is 3.00 bits per heavy atom. The second-order valence-corrected chi connectivity index (χ2v) is 3.84. The van der Waals surface area contributed by atoms with Crippen molar-refractivity contribution in [2.75, 3.05) is 5.32 Å². The molecule has 1 N–H and O–H groups in total. The predicted molar refractivity (Wildman–Crippen MR) is 52.5 cm³/mol. The van der Waals surface area contributed by atoms with Crippen LogP contribution in [0.1, 0.15) is 24.5 Å². The maximum absolute atomic E-state index is 13.0. The Kier molecular flexibility index (Phi) is 1.98. The van der Waals surface area contributed by atoms with Crippen molar-refractivity contribution in [3.05, 3.63) is 29.1 Å². The zero-order chi connectivity index (χ0) is 9.42. The predicted octanol–water partition coefficient (Wildman–Crippen LogP) is 2.88. The molecule has 1 aliphatic rings. The average Bonchev–Trinajstić information content (AvgIpc) is 2.06. The Balaban J connectivity index is 2.47. The van der Waals surface area contributed by atoms with E-state index < -0.39 is 0 Å². The van der Waals surface area contributed by atoms with E-state index in [1.165, 1.54) is 0 Å². The van der Waals surface area contributed by atoms with Crippen molar-refractivity contribution in [2.24, 2.45) is 0 Å². The van der Waals surface area contributed by atoms with Gasteiger partial charge in [-0.15, -0.1) is 0 Å². The van der Waals surface area contributed by atoms with Crippen molar-refractivity contribution in [3.8, 4) is 0 Å². The summed E-state index contributed by atoms with van der Waals surface area (Å²) in [5, 5.41) is 3.39. The summed E-state index contributed by atoms with van der Waals surface area (Å²) in [7, 11) is 0. The first-order chi connectivity index (χ1) is 6.16. The van der Waals surface area contributed by atoms with Gasteiger partial charge in [0.2, 0.25) is 0 Å². The molecule has 1 atom stereocenters. The molecule has 13 heavy (non-hydrogen) atoms. The monoisotopic (exact) mass is 179 g/mol. The lowest BCUT2D eigenvalue weighted by Gasteiger charge is -2.25. The molecule has 0 aliphatic carbocycles. The van der Waals surface area contributed by atoms with E-state index in [0.717, 1.165) is 29.7 Å². The van der Waals surface area contributed by atoms with E-state index in [1.807, 2.05) is 6.92 Å². The number of hydrogen-bond acceptors (Lipinski definition) is 1. The van der Waals surface area contributed by atoms with E-state index in [1.54, 1.807) is 12.1 Å². The first-order valence-corrected chi connectivity index (χ1v) is 4.72. The molecule has 1 nitrogen and oxygen atoms in total. The first kappa shape index (κ1) is 8.54. The average molecular weight is 179 g/mol. The van der Waals surface area contributed by atoms with Gasteiger partial charge in [-0.3, -0.25) is 0 Å². The Hall–Kier alpha value is -1.05. The van der Waals surface area contributed by atoms with Crippen LogP contribution in [0.4, 0.5) is 10.1 Å². The number of fused-ring (bicyclic) bond motifs is 1. The summed E-state index contributed by atoms with van der Waals surface area (Å²) in [6.45, 7) is 4.11. The van der Waals surface area contributed by atoms with Crippen LogP contribution in [-0.2, 0) is 6.42 Å². The summed E-state index contributed by atoms with van der Waals surface area (Å²) in [6.07, 6.45) is 2.08. The quantitative estimate of drug-likeness (QED) is 0.645. The molecule has 0 unspecified atom stereocenters. The highest BCUT2D eigenvalue weighted by atomic mass is 19.1. The number of anilines is 1. The summed E-state index contributed by atoms with van der Waals surface area (Å²) in [4.78, 5) is 0. The van der Waals surface area contributed by atoms with Crippen LogP contribution in [0.25, 0.3) is 0 Å². The lowest BCUT2D eigenvalue weighted by atomic mass is 9.96. The number of halogens is 1. The van der Waals surface area contributed by atoms with E-state index >= 15 is 0 Å². The van der Waals surface area contributed by atoms with Crippen LogP contribution < -0.4 is 5.32 Å². The molecule has 0 bridgehead atoms. The van der Waals surface area contributed by atoms with Crippen molar-refractivity contribution >= 4 is 5.69 Å². The molecule has 0 amide bonds. The molecule has 0 saturated heterocycles. The van der Waals surface area contributed by atoms with Crippen LogP contribution in [0.5, 0.6) is 0 Å². The molecule has 1 aliphatic heterocycles. The van der Waals surface area contributed by atoms with E-state index in [2.05, 4.69) is 12.2 Å². The van der Waals surface area contributed by atoms with Crippen LogP contribution in [0, 0.1) is 12.7 Å². The van der Waals surface area contributed by atoms with E-state index in [4.69, 9.17) is 0 Å². The molecular formula is C11H14FN. The lowest BCUT2D eigenvalue weighted by molar-refractivity contribution is 0.616. The molecule has 0 aromatic heterocycles. The third kappa shape index (κ3) is 1.53. The maximum Gasteiger partial charge on any atom is 0.123 e. The van der Waals surface area contributed by atoms with E-state index in [9.17, 15) is 4.39 Å². The van der Waals surface area contributed by atoms with Crippen LogP contribution in [0.15, 0.2) is 12.1 Å². The molecule has 2 heteroatoms. The zero-order valence-corrected chi connectivity index (χ0v) is 8.02. The van der Waals surface area contributed by atoms with Gasteiger partial charge in [0.1, 0.15) is 5.82 Å². The summed E-state index contributed by atoms with van der Waals surface area (Å²) < 4.78 is 13.0. The Labute approximate surface area is 78.0 Å². The van der Waals surface area contributed by atoms with Gasteiger partial charge in [0.15, 0.2) is 0 Å². The molecule has 0 radical (unpaired) electrons. The van der Waals surface area contributed by atoms with Gasteiger partial charge in [0, 0.05) is 11.7 Å². The minimum Gasteiger partial charge on any atom is -0.382 e. The molecule has 0 spiro atoms. The Morgan fingerprint density at radius 1 is 1.46 bits per heavy atom. The fourth-order valence-electron chi connectivity index (χ4n) is 1.91. The van der Waals surface area contributed by atoms with Crippen molar-refractivity contribution in [1.82, 2.24) is 0 Å². The Morgan fingerprint density at radius 2 is 2.23 bits per heavy atom. The van der Waals surface area contributed by atoms with Gasteiger partial charge < -0.3 is 5.32 Å². The number of aryl methyl sites for hydroxylation is 2. The SMILES string of the molecule is Cc1cc(F)cc2c1N[C@@H](C)CC2. The first-order valence-electron chi connectivity index (χ1n) is 4.72. The van der Waals surface area contributed by atoms with Crippen LogP contribution in [0.2, 0.25) is 0 Å². The molecule has 1 aromatic carbocycles. The van der Waals surface area contributed by atoms with Gasteiger partial charge >= 0.3 is 0 Å². The van der Waals surface area contributed by atoms with E-state index in [0.29, 0.717) is 6.04 Å². The third-order valence-electron chi connectivity index (χ3n) is 2.62. The fourth-order valence-corrected chi connectivity index (χ4v) is 1.91. The topological polar surface area (TPSA) is 12.0 Å². The number of benzene rings is 1. The smallest absolute Gasteiger partial charge is 0.123 e. The highest BCUT2D eigenvalue weighted by molar-refractivity contribution is 5.59. The van der Waals surface area contributed by atoms with Crippen molar-refractivity contribution in [2.45, 2.75) is 32.7 Å². The largest absolute Gasteiger partial charge is 0.382 e. The molecule has 0 fully saturated rings. The second kappa shape index (κ2) is 3.02. The molecule has 1 aromatic rings. The highest BCUT2D eigenvalue weighted by Crippen LogP contribution is 2.28. The highest BCUT2D eigenvalue weighted by Gasteiger charge is 2.16. The maximum atomic E-state index is 13.0. The van der Waals surface area contributed by atoms with Crippen LogP contribution in [0.3, 0.4) is 0 Å². The summed E-state index contributed by atoms with van der Waals surface area (Å²) in [5.74, 6) is -0.118.